The van der Waals surface area contributed by atoms with Gasteiger partial charge >= 0.3 is 12.2 Å². The zero-order chi connectivity index (χ0) is 45.9. The molecule has 0 radical (unpaired) electrons. The Morgan fingerprint density at radius 3 is 2.35 bits per heavy atom. The standard InChI is InChI=1S/C48H51N7O9S/c1-32-14-18-38(19-15-32)65(59,60)63-27-26-61-25-24-55-43-36(30-49-45(51-43)50-37-17-16-35-20-21-53(40(35)29-37)47(58)64-48(3,4)5)28-41(44(55)56)52-22-23-54(42-33(2)10-9-13-39(42)52)46(57)62-31-34-11-7-6-8-12-34/h6-19,28-30H,20-27,31H2,1-5H3,(H,49,50,51). The SMILES string of the molecule is Cc1ccc(S(=O)(=O)OCCOCCn2c(=O)c(N3CCN(C(=O)OCc4ccccc4)c4c(C)cccc43)cc3cnc(Nc4ccc5c(c4)N(C(=O)OC(C)(C)C)CC5)nc32)cc1. The van der Waals surface area contributed by atoms with Crippen molar-refractivity contribution in [2.45, 2.75) is 64.7 Å². The van der Waals surface area contributed by atoms with Crippen molar-refractivity contribution < 1.29 is 36.4 Å². The van der Waals surface area contributed by atoms with Crippen LogP contribution in [0.1, 0.15) is 43.0 Å². The number of pyridine rings is 1. The van der Waals surface area contributed by atoms with Gasteiger partial charge in [-0.2, -0.15) is 13.4 Å². The number of nitrogens with zero attached hydrogens (tertiary/aromatic N) is 6. The van der Waals surface area contributed by atoms with Crippen molar-refractivity contribution in [3.63, 3.8) is 0 Å². The average molecular weight is 902 g/mol. The molecule has 0 saturated heterocycles. The summed E-state index contributed by atoms with van der Waals surface area (Å²) in [6.45, 7) is 10.1. The number of anilines is 6. The van der Waals surface area contributed by atoms with Crippen LogP contribution < -0.4 is 25.6 Å². The van der Waals surface area contributed by atoms with Crippen molar-refractivity contribution in [3.8, 4) is 0 Å². The van der Waals surface area contributed by atoms with Crippen molar-refractivity contribution in [2.24, 2.45) is 0 Å². The molecule has 0 aliphatic carbocycles. The number of aromatic nitrogens is 3. The van der Waals surface area contributed by atoms with Gasteiger partial charge in [0.25, 0.3) is 15.7 Å². The second kappa shape index (κ2) is 18.7. The second-order valence-corrected chi connectivity index (χ2v) is 18.4. The molecule has 2 aliphatic rings. The number of rotatable bonds is 13. The number of fused-ring (bicyclic) bond motifs is 3. The molecule has 0 fully saturated rings. The maximum absolute atomic E-state index is 14.8. The Morgan fingerprint density at radius 2 is 1.58 bits per heavy atom. The highest BCUT2D eigenvalue weighted by molar-refractivity contribution is 7.86. The molecular formula is C48H51N7O9S. The van der Waals surface area contributed by atoms with Crippen LogP contribution in [-0.2, 0) is 48.1 Å². The van der Waals surface area contributed by atoms with E-state index >= 15 is 0 Å². The predicted octanol–water partition coefficient (Wildman–Crippen LogP) is 8.17. The monoisotopic (exact) mass is 901 g/mol. The van der Waals surface area contributed by atoms with Gasteiger partial charge in [0.2, 0.25) is 5.95 Å². The molecule has 2 aliphatic heterocycles. The van der Waals surface area contributed by atoms with E-state index < -0.39 is 27.9 Å². The number of aryl methyl sites for hydroxylation is 2. The molecule has 0 unspecified atom stereocenters. The molecule has 0 spiro atoms. The van der Waals surface area contributed by atoms with Gasteiger partial charge in [0.05, 0.1) is 48.3 Å². The second-order valence-electron chi connectivity index (χ2n) is 16.8. The summed E-state index contributed by atoms with van der Waals surface area (Å²) in [7, 11) is -3.99. The van der Waals surface area contributed by atoms with Crippen LogP contribution in [0.15, 0.2) is 113 Å². The van der Waals surface area contributed by atoms with Gasteiger partial charge in [-0.1, -0.05) is 66.2 Å². The topological polar surface area (TPSA) is 175 Å². The van der Waals surface area contributed by atoms with Crippen LogP contribution in [0.2, 0.25) is 0 Å². The smallest absolute Gasteiger partial charge is 0.414 e. The number of ether oxygens (including phenoxy) is 3. The van der Waals surface area contributed by atoms with E-state index in [0.29, 0.717) is 46.7 Å². The number of hydrogen-bond acceptors (Lipinski definition) is 13. The molecule has 65 heavy (non-hydrogen) atoms. The van der Waals surface area contributed by atoms with Crippen LogP contribution in [0.5, 0.6) is 0 Å². The Bertz CT molecular complexity index is 2900. The Labute approximate surface area is 377 Å². The Morgan fingerprint density at radius 1 is 0.800 bits per heavy atom. The molecule has 0 atom stereocenters. The van der Waals surface area contributed by atoms with Crippen LogP contribution in [-0.4, -0.2) is 80.2 Å². The zero-order valence-electron chi connectivity index (χ0n) is 36.9. The van der Waals surface area contributed by atoms with Gasteiger partial charge in [0.15, 0.2) is 0 Å². The zero-order valence-corrected chi connectivity index (χ0v) is 37.8. The predicted molar refractivity (Wildman–Crippen MR) is 248 cm³/mol. The van der Waals surface area contributed by atoms with Crippen LogP contribution in [0.25, 0.3) is 11.0 Å². The summed E-state index contributed by atoms with van der Waals surface area (Å²) in [5.74, 6) is 0.208. The van der Waals surface area contributed by atoms with Crippen molar-refractivity contribution in [2.75, 3.05) is 59.5 Å². The van der Waals surface area contributed by atoms with E-state index in [2.05, 4.69) is 10.3 Å². The highest BCUT2D eigenvalue weighted by Crippen LogP contribution is 2.40. The van der Waals surface area contributed by atoms with Gasteiger partial charge in [-0.15, -0.1) is 0 Å². The Kier molecular flexibility index (Phi) is 12.9. The fourth-order valence-corrected chi connectivity index (χ4v) is 8.70. The number of amides is 2. The summed E-state index contributed by atoms with van der Waals surface area (Å²) >= 11 is 0. The molecular weight excluding hydrogens is 851 g/mol. The number of carbonyl (C=O) groups is 2. The van der Waals surface area contributed by atoms with Gasteiger partial charge in [-0.3, -0.25) is 23.3 Å². The first-order chi connectivity index (χ1) is 31.1. The van der Waals surface area contributed by atoms with E-state index in [1.54, 1.807) is 34.2 Å². The molecule has 338 valence electrons. The molecule has 0 saturated carbocycles. The van der Waals surface area contributed by atoms with Gasteiger partial charge in [-0.25, -0.2) is 14.6 Å². The molecule has 2 amide bonds. The minimum atomic E-state index is -3.99. The lowest BCUT2D eigenvalue weighted by Crippen LogP contribution is -2.44. The normalized spacial score (nSPS) is 13.7. The Balaban J connectivity index is 1.07. The van der Waals surface area contributed by atoms with Crippen LogP contribution in [0, 0.1) is 13.8 Å². The van der Waals surface area contributed by atoms with E-state index in [4.69, 9.17) is 23.4 Å². The number of carbonyl (C=O) groups excluding carboxylic acids is 2. The van der Waals surface area contributed by atoms with E-state index in [1.165, 1.54) is 16.7 Å². The van der Waals surface area contributed by atoms with Crippen LogP contribution >= 0.6 is 0 Å². The highest BCUT2D eigenvalue weighted by Gasteiger charge is 2.33. The summed E-state index contributed by atoms with van der Waals surface area (Å²) in [5, 5.41) is 3.80. The first kappa shape index (κ1) is 44.8. The molecule has 6 aromatic rings. The lowest BCUT2D eigenvalue weighted by Gasteiger charge is -2.38. The summed E-state index contributed by atoms with van der Waals surface area (Å²) in [5.41, 5.74) is 5.86. The first-order valence-electron chi connectivity index (χ1n) is 21.4. The van der Waals surface area contributed by atoms with Crippen molar-refractivity contribution in [1.82, 2.24) is 14.5 Å². The summed E-state index contributed by atoms with van der Waals surface area (Å²) in [4.78, 5) is 56.1. The summed E-state index contributed by atoms with van der Waals surface area (Å²) in [6.07, 6.45) is 1.38. The lowest BCUT2D eigenvalue weighted by atomic mass is 10.1. The molecule has 4 aromatic carbocycles. The van der Waals surface area contributed by atoms with Crippen LogP contribution in [0.4, 0.5) is 44.0 Å². The molecule has 2 aromatic heterocycles. The third-order valence-electron chi connectivity index (χ3n) is 10.9. The van der Waals surface area contributed by atoms with Gasteiger partial charge in [-0.05, 0) is 94.1 Å². The maximum Gasteiger partial charge on any atom is 0.414 e. The minimum Gasteiger partial charge on any atom is -0.444 e. The van der Waals surface area contributed by atoms with Crippen molar-refractivity contribution in [1.29, 1.82) is 0 Å². The number of benzene rings is 4. The summed E-state index contributed by atoms with van der Waals surface area (Å²) < 4.78 is 49.5. The first-order valence-corrected chi connectivity index (χ1v) is 22.8. The largest absolute Gasteiger partial charge is 0.444 e. The fraction of sp³-hybridized carbons (Fsp3) is 0.312. The van der Waals surface area contributed by atoms with Gasteiger partial charge in [0, 0.05) is 36.9 Å². The number of nitrogens with one attached hydrogen (secondary N) is 1. The number of hydrogen-bond donors (Lipinski definition) is 1. The molecule has 1 N–H and O–H groups in total. The molecule has 4 heterocycles. The minimum absolute atomic E-state index is 0.0151. The maximum atomic E-state index is 14.8. The third kappa shape index (κ3) is 10.1. The van der Waals surface area contributed by atoms with Gasteiger partial charge in [0.1, 0.15) is 23.5 Å². The fourth-order valence-electron chi connectivity index (χ4n) is 7.81. The quantitative estimate of drug-likeness (QED) is 0.0869. The number of para-hydroxylation sites is 1. The molecule has 16 nitrogen and oxygen atoms in total. The van der Waals surface area contributed by atoms with Gasteiger partial charge < -0.3 is 24.4 Å². The van der Waals surface area contributed by atoms with Crippen molar-refractivity contribution in [3.05, 3.63) is 136 Å². The van der Waals surface area contributed by atoms with E-state index in [-0.39, 0.29) is 62.5 Å². The van der Waals surface area contributed by atoms with E-state index in [0.717, 1.165) is 27.9 Å². The third-order valence-corrected chi connectivity index (χ3v) is 12.3. The molecule has 17 heteroatoms. The molecule has 8 rings (SSSR count). The molecule has 0 bridgehead atoms. The summed E-state index contributed by atoms with van der Waals surface area (Å²) in [6, 6.07) is 28.9. The van der Waals surface area contributed by atoms with Crippen LogP contribution in [0.3, 0.4) is 0 Å². The average Bonchev–Trinajstić information content (AvgIpc) is 3.71. The Hall–Kier alpha value is -6.82. The lowest BCUT2D eigenvalue weighted by molar-refractivity contribution is 0.0584. The van der Waals surface area contributed by atoms with E-state index in [9.17, 15) is 22.8 Å². The van der Waals surface area contributed by atoms with Crippen molar-refractivity contribution >= 4 is 67.7 Å². The highest BCUT2D eigenvalue weighted by atomic mass is 32.2. The van der Waals surface area contributed by atoms with E-state index in [1.807, 2.05) is 106 Å².